The van der Waals surface area contributed by atoms with Crippen LogP contribution in [0.3, 0.4) is 0 Å². The van der Waals surface area contributed by atoms with Gasteiger partial charge in [-0.2, -0.15) is 4.39 Å². The molecule has 1 unspecified atom stereocenters. The van der Waals surface area contributed by atoms with Gasteiger partial charge in [0.25, 0.3) is 6.36 Å². The van der Waals surface area contributed by atoms with E-state index in [9.17, 15) is 22.0 Å². The summed E-state index contributed by atoms with van der Waals surface area (Å²) in [6, 6.07) is 10.9. The monoisotopic (exact) mass is 390 g/mol. The van der Waals surface area contributed by atoms with E-state index < -0.39 is 40.9 Å². The Morgan fingerprint density at radius 2 is 1.36 bits per heavy atom. The minimum atomic E-state index is -2.31. The lowest BCUT2D eigenvalue weighted by Crippen LogP contribution is -2.05. The largest absolute Gasteiger partial charge is 0.456 e. The van der Waals surface area contributed by atoms with Gasteiger partial charge in [0.1, 0.15) is 11.6 Å². The smallest absolute Gasteiger partial charge is 0.267 e. The first kappa shape index (κ1) is 18.5. The zero-order valence-electron chi connectivity index (χ0n) is 14.6. The number of halogens is 5. The average Bonchev–Trinajstić information content (AvgIpc) is 3.13. The summed E-state index contributed by atoms with van der Waals surface area (Å²) in [6.45, 7) is 0. The number of hydrogen-bond donors (Lipinski definition) is 0. The van der Waals surface area contributed by atoms with Crippen molar-refractivity contribution in [3.05, 3.63) is 88.5 Å². The van der Waals surface area contributed by atoms with Crippen LogP contribution in [0, 0.1) is 23.3 Å². The zero-order valence-corrected chi connectivity index (χ0v) is 14.6. The molecular weight excluding hydrogens is 375 g/mol. The van der Waals surface area contributed by atoms with Crippen molar-refractivity contribution in [1.82, 2.24) is 0 Å². The van der Waals surface area contributed by atoms with Crippen LogP contribution in [0.5, 0.6) is 5.75 Å². The highest BCUT2D eigenvalue weighted by atomic mass is 19.2. The molecular formula is C22H15F5O. The molecule has 1 atom stereocenters. The molecule has 0 fully saturated rings. The topological polar surface area (TPSA) is 9.23 Å². The number of rotatable bonds is 4. The maximum Gasteiger partial charge on any atom is 0.267 e. The number of ether oxygens (including phenoxy) is 1. The maximum atomic E-state index is 14.5. The van der Waals surface area contributed by atoms with Crippen LogP contribution >= 0.6 is 0 Å². The Morgan fingerprint density at radius 1 is 0.714 bits per heavy atom. The zero-order chi connectivity index (χ0) is 19.8. The van der Waals surface area contributed by atoms with Crippen LogP contribution < -0.4 is 4.74 Å². The van der Waals surface area contributed by atoms with E-state index in [1.54, 1.807) is 6.07 Å². The van der Waals surface area contributed by atoms with Gasteiger partial charge in [-0.1, -0.05) is 24.3 Å². The summed E-state index contributed by atoms with van der Waals surface area (Å²) in [5, 5.41) is 0. The summed E-state index contributed by atoms with van der Waals surface area (Å²) in [5.74, 6) is -6.16. The lowest BCUT2D eigenvalue weighted by molar-refractivity contribution is 0.0628. The Balaban J connectivity index is 1.57. The first-order valence-electron chi connectivity index (χ1n) is 8.79. The van der Waals surface area contributed by atoms with Gasteiger partial charge in [0, 0.05) is 12.1 Å². The molecule has 1 aliphatic rings. The molecule has 1 aliphatic carbocycles. The fraction of sp³-hybridized carbons (Fsp3) is 0.182. The van der Waals surface area contributed by atoms with Gasteiger partial charge in [0.15, 0.2) is 17.5 Å². The van der Waals surface area contributed by atoms with Crippen LogP contribution in [0.25, 0.3) is 11.1 Å². The second kappa shape index (κ2) is 7.26. The molecule has 6 heteroatoms. The van der Waals surface area contributed by atoms with Crippen LogP contribution in [0.4, 0.5) is 22.0 Å². The van der Waals surface area contributed by atoms with E-state index in [1.807, 2.05) is 18.2 Å². The van der Waals surface area contributed by atoms with E-state index in [1.165, 1.54) is 23.3 Å². The molecule has 0 amide bonds. The van der Waals surface area contributed by atoms with Crippen molar-refractivity contribution in [2.24, 2.45) is 0 Å². The number of fused-ring (bicyclic) bond motifs is 1. The molecule has 1 nitrogen and oxygen atoms in total. The Bertz CT molecular complexity index is 1020. The summed E-state index contributed by atoms with van der Waals surface area (Å²) in [4.78, 5) is 0. The van der Waals surface area contributed by atoms with Crippen LogP contribution in [-0.2, 0) is 12.8 Å². The fourth-order valence-corrected chi connectivity index (χ4v) is 3.43. The van der Waals surface area contributed by atoms with Crippen molar-refractivity contribution in [2.75, 3.05) is 0 Å². The van der Waals surface area contributed by atoms with E-state index in [0.717, 1.165) is 24.8 Å². The van der Waals surface area contributed by atoms with E-state index in [4.69, 9.17) is 4.74 Å². The van der Waals surface area contributed by atoms with Gasteiger partial charge >= 0.3 is 0 Å². The minimum absolute atomic E-state index is 0.421. The summed E-state index contributed by atoms with van der Waals surface area (Å²) in [6.07, 6.45) is 0.805. The SMILES string of the molecule is Fc1cc(-c2ccc3c(c2)CCC3)ccc1C(F)Oc1cc(F)c(F)c(F)c1. The molecule has 0 heterocycles. The molecule has 0 bridgehead atoms. The second-order valence-electron chi connectivity index (χ2n) is 6.71. The highest BCUT2D eigenvalue weighted by Gasteiger charge is 2.20. The van der Waals surface area contributed by atoms with Gasteiger partial charge in [-0.3, -0.25) is 0 Å². The first-order valence-corrected chi connectivity index (χ1v) is 8.79. The van der Waals surface area contributed by atoms with Gasteiger partial charge < -0.3 is 4.74 Å². The van der Waals surface area contributed by atoms with Crippen LogP contribution in [0.1, 0.15) is 29.5 Å². The fourth-order valence-electron chi connectivity index (χ4n) is 3.43. The van der Waals surface area contributed by atoms with Crippen molar-refractivity contribution in [1.29, 1.82) is 0 Å². The Hall–Kier alpha value is -2.89. The third kappa shape index (κ3) is 3.46. The molecule has 0 saturated carbocycles. The van der Waals surface area contributed by atoms with Crippen molar-refractivity contribution in [2.45, 2.75) is 25.6 Å². The molecule has 0 aliphatic heterocycles. The number of benzene rings is 3. The van der Waals surface area contributed by atoms with E-state index in [2.05, 4.69) is 0 Å². The van der Waals surface area contributed by atoms with E-state index >= 15 is 0 Å². The van der Waals surface area contributed by atoms with Gasteiger partial charge in [0.2, 0.25) is 0 Å². The molecule has 3 aromatic rings. The molecule has 0 aromatic heterocycles. The van der Waals surface area contributed by atoms with Gasteiger partial charge in [-0.05, 0) is 53.6 Å². The van der Waals surface area contributed by atoms with Crippen LogP contribution in [0.15, 0.2) is 48.5 Å². The Morgan fingerprint density at radius 3 is 2.07 bits per heavy atom. The Labute approximate surface area is 158 Å². The molecule has 0 saturated heterocycles. The molecule has 28 heavy (non-hydrogen) atoms. The van der Waals surface area contributed by atoms with Crippen molar-refractivity contribution in [3.8, 4) is 16.9 Å². The molecule has 3 aromatic carbocycles. The van der Waals surface area contributed by atoms with E-state index in [-0.39, 0.29) is 0 Å². The normalized spacial score (nSPS) is 14.0. The number of hydrogen-bond acceptors (Lipinski definition) is 1. The standard InChI is InChI=1S/C22H15F5O/c23-18-9-15(14-5-4-12-2-1-3-13(12)8-14)6-7-17(18)22(27)28-16-10-19(24)21(26)20(25)11-16/h4-11,22H,1-3H2. The van der Waals surface area contributed by atoms with E-state index in [0.29, 0.717) is 17.7 Å². The lowest BCUT2D eigenvalue weighted by atomic mass is 9.99. The van der Waals surface area contributed by atoms with Crippen molar-refractivity contribution in [3.63, 3.8) is 0 Å². The van der Waals surface area contributed by atoms with Crippen LogP contribution in [-0.4, -0.2) is 0 Å². The van der Waals surface area contributed by atoms with Gasteiger partial charge in [0.05, 0.1) is 5.56 Å². The summed E-state index contributed by atoms with van der Waals surface area (Å²) < 4.78 is 73.0. The molecule has 0 N–H and O–H groups in total. The van der Waals surface area contributed by atoms with Crippen molar-refractivity contribution >= 4 is 0 Å². The predicted molar refractivity (Wildman–Crippen MR) is 94.7 cm³/mol. The molecule has 0 spiro atoms. The molecule has 144 valence electrons. The van der Waals surface area contributed by atoms with Crippen LogP contribution in [0.2, 0.25) is 0 Å². The lowest BCUT2D eigenvalue weighted by Gasteiger charge is -2.14. The summed E-state index contributed by atoms with van der Waals surface area (Å²) >= 11 is 0. The highest BCUT2D eigenvalue weighted by Crippen LogP contribution is 2.32. The van der Waals surface area contributed by atoms with Gasteiger partial charge in [-0.25, -0.2) is 17.6 Å². The minimum Gasteiger partial charge on any atom is -0.456 e. The number of aryl methyl sites for hydroxylation is 2. The second-order valence-corrected chi connectivity index (χ2v) is 6.71. The highest BCUT2D eigenvalue weighted by molar-refractivity contribution is 5.66. The third-order valence-electron chi connectivity index (χ3n) is 4.87. The van der Waals surface area contributed by atoms with Crippen molar-refractivity contribution < 1.29 is 26.7 Å². The number of alkyl halides is 1. The average molecular weight is 390 g/mol. The predicted octanol–water partition coefficient (Wildman–Crippen LogP) is 6.45. The quantitative estimate of drug-likeness (QED) is 0.368. The first-order chi connectivity index (χ1) is 13.4. The van der Waals surface area contributed by atoms with Gasteiger partial charge in [-0.15, -0.1) is 0 Å². The third-order valence-corrected chi connectivity index (χ3v) is 4.87. The molecule has 0 radical (unpaired) electrons. The summed E-state index contributed by atoms with van der Waals surface area (Å²) in [7, 11) is 0. The maximum absolute atomic E-state index is 14.5. The Kier molecular flexibility index (Phi) is 4.79. The molecule has 4 rings (SSSR count). The summed E-state index contributed by atoms with van der Waals surface area (Å²) in [5.41, 5.74) is 3.51.